The number of pyridine rings is 1. The smallest absolute Gasteiger partial charge is 0.394 e. The summed E-state index contributed by atoms with van der Waals surface area (Å²) < 4.78 is 45.0. The molecule has 5 heterocycles. The minimum absolute atomic E-state index is 0.0459. The molecular weight excluding hydrogens is 657 g/mol. The molecule has 0 aromatic carbocycles. The SMILES string of the molecule is Cc1cn([C@H]2C[C@H](OP(=O)(OCCCC(O)c3cccnc3)OC[C@H]3O[C@@H](n4cc(C)c(=O)[nH]c4=O)C[C@@H]3O)[C@@H](CO)O2)c(=O)[nH]c1=O. The third-order valence-corrected chi connectivity index (χ3v) is 9.57. The van der Waals surface area contributed by atoms with E-state index < -0.39 is 86.5 Å². The van der Waals surface area contributed by atoms with E-state index in [0.717, 1.165) is 9.13 Å². The second-order valence-corrected chi connectivity index (χ2v) is 13.2. The zero-order chi connectivity index (χ0) is 34.6. The number of rotatable bonds is 14. The summed E-state index contributed by atoms with van der Waals surface area (Å²) in [5.74, 6) is 0. The molecule has 2 unspecified atom stereocenters. The molecule has 5 N–H and O–H groups in total. The maximum atomic E-state index is 14.1. The highest BCUT2D eigenvalue weighted by Gasteiger charge is 2.44. The monoisotopic (exact) mass is 695 g/mol. The zero-order valence-corrected chi connectivity index (χ0v) is 27.1. The van der Waals surface area contributed by atoms with Crippen LogP contribution in [0.2, 0.25) is 0 Å². The summed E-state index contributed by atoms with van der Waals surface area (Å²) in [5.41, 5.74) is -1.55. The minimum Gasteiger partial charge on any atom is -0.394 e. The van der Waals surface area contributed by atoms with Crippen LogP contribution in [0, 0.1) is 13.8 Å². The van der Waals surface area contributed by atoms with Gasteiger partial charge in [0.1, 0.15) is 30.8 Å². The van der Waals surface area contributed by atoms with Crippen molar-refractivity contribution < 1.29 is 42.9 Å². The van der Waals surface area contributed by atoms with Crippen LogP contribution in [-0.4, -0.2) is 83.6 Å². The summed E-state index contributed by atoms with van der Waals surface area (Å²) in [7, 11) is -4.53. The summed E-state index contributed by atoms with van der Waals surface area (Å²) in [5, 5.41) is 31.2. The molecule has 2 fully saturated rings. The van der Waals surface area contributed by atoms with E-state index in [1.54, 1.807) is 18.3 Å². The molecule has 262 valence electrons. The second-order valence-electron chi connectivity index (χ2n) is 11.6. The molecule has 0 spiro atoms. The van der Waals surface area contributed by atoms with Crippen LogP contribution in [0.25, 0.3) is 0 Å². The van der Waals surface area contributed by atoms with Crippen molar-refractivity contribution in [2.75, 3.05) is 19.8 Å². The Morgan fingerprint density at radius 1 is 1.00 bits per heavy atom. The van der Waals surface area contributed by atoms with Crippen molar-refractivity contribution in [1.29, 1.82) is 0 Å². The van der Waals surface area contributed by atoms with Crippen molar-refractivity contribution >= 4 is 7.82 Å². The van der Waals surface area contributed by atoms with Crippen LogP contribution in [0.4, 0.5) is 0 Å². The Hall–Kier alpha value is -3.58. The fraction of sp³-hybridized carbons (Fsp3) is 0.552. The van der Waals surface area contributed by atoms with Crippen molar-refractivity contribution in [3.05, 3.63) is 95.3 Å². The fourth-order valence-corrected chi connectivity index (χ4v) is 6.84. The number of hydrogen-bond donors (Lipinski definition) is 5. The van der Waals surface area contributed by atoms with E-state index in [4.69, 9.17) is 23.0 Å². The maximum Gasteiger partial charge on any atom is 0.475 e. The Balaban J connectivity index is 1.29. The van der Waals surface area contributed by atoms with Gasteiger partial charge in [-0.05, 0) is 38.3 Å². The first kappa shape index (κ1) is 35.7. The lowest BCUT2D eigenvalue weighted by Gasteiger charge is -2.25. The molecule has 0 aliphatic carbocycles. The molecule has 8 atom stereocenters. The number of aliphatic hydroxyl groups is 3. The Bertz CT molecular complexity index is 1840. The fourth-order valence-electron chi connectivity index (χ4n) is 5.40. The van der Waals surface area contributed by atoms with Crippen LogP contribution in [-0.2, 0) is 27.6 Å². The highest BCUT2D eigenvalue weighted by molar-refractivity contribution is 7.48. The summed E-state index contributed by atoms with van der Waals surface area (Å²) in [6.07, 6.45) is -1.30. The standard InChI is InChI=1S/C29H38N5O13P/c1-16-12-33(28(40)31-26(16)38)24-9-20(37)23(46-24)15-44-48(42,43-8-4-6-19(36)18-5-3-7-30-11-18)47-21-10-25(45-22(21)14-35)34-13-17(2)27(39)32-29(34)41/h3,5,7,11-13,19-25,35-37H,4,6,8-10,14-15H2,1-2H3,(H,31,38,40)(H,32,39,41)/t19?,20-,21-,22+,23+,24+,25+,48?/m0/s1. The highest BCUT2D eigenvalue weighted by Crippen LogP contribution is 2.53. The molecular formula is C29H38N5O13P. The predicted octanol–water partition coefficient (Wildman–Crippen LogP) is 0.0671. The molecule has 19 heteroatoms. The molecule has 3 aromatic rings. The first-order valence-electron chi connectivity index (χ1n) is 15.3. The van der Waals surface area contributed by atoms with Crippen molar-refractivity contribution in [2.24, 2.45) is 0 Å². The Morgan fingerprint density at radius 2 is 1.62 bits per heavy atom. The topological polar surface area (TPSA) is 247 Å². The summed E-state index contributed by atoms with van der Waals surface area (Å²) in [4.78, 5) is 56.8. The van der Waals surface area contributed by atoms with Crippen LogP contribution >= 0.6 is 7.82 Å². The largest absolute Gasteiger partial charge is 0.475 e. The van der Waals surface area contributed by atoms with Gasteiger partial charge in [-0.3, -0.25) is 47.2 Å². The first-order valence-corrected chi connectivity index (χ1v) is 16.7. The van der Waals surface area contributed by atoms with Gasteiger partial charge < -0.3 is 24.8 Å². The van der Waals surface area contributed by atoms with Gasteiger partial charge in [0, 0.05) is 48.8 Å². The van der Waals surface area contributed by atoms with E-state index in [-0.39, 0.29) is 43.4 Å². The highest BCUT2D eigenvalue weighted by atomic mass is 31.2. The molecule has 0 saturated carbocycles. The minimum atomic E-state index is -4.53. The number of nitrogens with zero attached hydrogens (tertiary/aromatic N) is 3. The molecule has 0 radical (unpaired) electrons. The molecule has 48 heavy (non-hydrogen) atoms. The van der Waals surface area contributed by atoms with Gasteiger partial charge in [0.15, 0.2) is 0 Å². The Kier molecular flexibility index (Phi) is 11.4. The second kappa shape index (κ2) is 15.3. The van der Waals surface area contributed by atoms with Gasteiger partial charge >= 0.3 is 19.2 Å². The lowest BCUT2D eigenvalue weighted by atomic mass is 10.1. The van der Waals surface area contributed by atoms with Crippen LogP contribution in [0.15, 0.2) is 56.1 Å². The van der Waals surface area contributed by atoms with Crippen LogP contribution < -0.4 is 22.5 Å². The number of nitrogens with one attached hydrogen (secondary N) is 2. The summed E-state index contributed by atoms with van der Waals surface area (Å²) >= 11 is 0. The average molecular weight is 696 g/mol. The molecule has 2 saturated heterocycles. The van der Waals surface area contributed by atoms with Crippen molar-refractivity contribution in [3.63, 3.8) is 0 Å². The number of hydrogen-bond acceptors (Lipinski definition) is 14. The van der Waals surface area contributed by atoms with Crippen LogP contribution in [0.5, 0.6) is 0 Å². The summed E-state index contributed by atoms with van der Waals surface area (Å²) in [6.45, 7) is 1.71. The van der Waals surface area contributed by atoms with Crippen molar-refractivity contribution in [3.8, 4) is 0 Å². The molecule has 18 nitrogen and oxygen atoms in total. The number of aromatic amines is 2. The quantitative estimate of drug-likeness (QED) is 0.111. The van der Waals surface area contributed by atoms with Crippen molar-refractivity contribution in [1.82, 2.24) is 24.1 Å². The van der Waals surface area contributed by atoms with Gasteiger partial charge in [0.25, 0.3) is 11.1 Å². The molecule has 2 aliphatic rings. The Labute approximate surface area is 272 Å². The number of aryl methyl sites for hydroxylation is 2. The molecule has 3 aromatic heterocycles. The third kappa shape index (κ3) is 8.34. The van der Waals surface area contributed by atoms with Gasteiger partial charge in [-0.2, -0.15) is 0 Å². The van der Waals surface area contributed by atoms with Gasteiger partial charge in [0.05, 0.1) is 32.0 Å². The molecule has 5 rings (SSSR count). The van der Waals surface area contributed by atoms with E-state index >= 15 is 0 Å². The number of H-pyrrole nitrogens is 2. The van der Waals surface area contributed by atoms with Crippen LogP contribution in [0.1, 0.15) is 60.9 Å². The van der Waals surface area contributed by atoms with Crippen LogP contribution in [0.3, 0.4) is 0 Å². The van der Waals surface area contributed by atoms with E-state index in [9.17, 15) is 39.1 Å². The first-order chi connectivity index (χ1) is 22.9. The van der Waals surface area contributed by atoms with Crippen molar-refractivity contribution in [2.45, 2.75) is 82.5 Å². The summed E-state index contributed by atoms with van der Waals surface area (Å²) in [6, 6.07) is 3.39. The Morgan fingerprint density at radius 3 is 2.23 bits per heavy atom. The number of ether oxygens (including phenoxy) is 2. The van der Waals surface area contributed by atoms with Gasteiger partial charge in [0.2, 0.25) is 0 Å². The number of aromatic nitrogens is 5. The van der Waals surface area contributed by atoms with E-state index in [2.05, 4.69) is 15.0 Å². The van der Waals surface area contributed by atoms with Gasteiger partial charge in [-0.1, -0.05) is 6.07 Å². The van der Waals surface area contributed by atoms with E-state index in [1.807, 2.05) is 0 Å². The lowest BCUT2D eigenvalue weighted by Crippen LogP contribution is -2.33. The van der Waals surface area contributed by atoms with E-state index in [1.165, 1.54) is 32.4 Å². The lowest BCUT2D eigenvalue weighted by molar-refractivity contribution is -0.0603. The van der Waals surface area contributed by atoms with E-state index in [0.29, 0.717) is 5.56 Å². The molecule has 0 bridgehead atoms. The van der Waals surface area contributed by atoms with Gasteiger partial charge in [-0.25, -0.2) is 14.2 Å². The predicted molar refractivity (Wildman–Crippen MR) is 165 cm³/mol. The third-order valence-electron chi connectivity index (χ3n) is 8.08. The number of aliphatic hydroxyl groups excluding tert-OH is 3. The zero-order valence-electron chi connectivity index (χ0n) is 26.2. The average Bonchev–Trinajstić information content (AvgIpc) is 3.64. The molecule has 0 amide bonds. The van der Waals surface area contributed by atoms with Gasteiger partial charge in [-0.15, -0.1) is 0 Å². The number of phosphoric ester groups is 1. The normalized spacial score (nSPS) is 26.0. The number of phosphoric acid groups is 1. The maximum absolute atomic E-state index is 14.1. The molecule has 2 aliphatic heterocycles.